The Morgan fingerprint density at radius 2 is 0.704 bits per heavy atom. The number of furan rings is 1. The average molecular weight is 690 g/mol. The van der Waals surface area contributed by atoms with E-state index >= 15 is 0 Å². The molecule has 1 aromatic heterocycles. The highest BCUT2D eigenvalue weighted by molar-refractivity contribution is 6.13. The van der Waals surface area contributed by atoms with Crippen LogP contribution in [0.4, 0.5) is 17.1 Å². The maximum Gasteiger partial charge on any atom is 0.137 e. The molecule has 0 aliphatic rings. The van der Waals surface area contributed by atoms with Crippen molar-refractivity contribution in [3.63, 3.8) is 0 Å². The van der Waals surface area contributed by atoms with E-state index in [4.69, 9.17) is 4.42 Å². The summed E-state index contributed by atoms with van der Waals surface area (Å²) in [7, 11) is 0. The van der Waals surface area contributed by atoms with E-state index in [1.165, 1.54) is 55.3 Å². The van der Waals surface area contributed by atoms with Crippen LogP contribution < -0.4 is 4.90 Å². The second-order valence-electron chi connectivity index (χ2n) is 13.8. The van der Waals surface area contributed by atoms with E-state index in [1.807, 2.05) is 12.1 Å². The first-order valence-electron chi connectivity index (χ1n) is 18.4. The zero-order chi connectivity index (χ0) is 35.8. The molecule has 0 radical (unpaired) electrons. The van der Waals surface area contributed by atoms with E-state index in [0.29, 0.717) is 0 Å². The van der Waals surface area contributed by atoms with E-state index in [0.717, 1.165) is 39.0 Å². The van der Waals surface area contributed by atoms with Gasteiger partial charge in [-0.2, -0.15) is 0 Å². The second-order valence-corrected chi connectivity index (χ2v) is 13.8. The van der Waals surface area contributed by atoms with Crippen molar-refractivity contribution >= 4 is 49.8 Å². The highest BCUT2D eigenvalue weighted by Crippen LogP contribution is 2.43. The monoisotopic (exact) mass is 689 g/mol. The summed E-state index contributed by atoms with van der Waals surface area (Å²) in [6, 6.07) is 75.9. The fourth-order valence-corrected chi connectivity index (χ4v) is 7.70. The Kier molecular flexibility index (Phi) is 7.85. The van der Waals surface area contributed by atoms with Crippen molar-refractivity contribution in [2.45, 2.75) is 0 Å². The van der Waals surface area contributed by atoms with Gasteiger partial charge in [0.25, 0.3) is 0 Å². The normalized spacial score (nSPS) is 11.3. The van der Waals surface area contributed by atoms with Gasteiger partial charge in [0.05, 0.1) is 11.1 Å². The van der Waals surface area contributed by atoms with Gasteiger partial charge in [0.15, 0.2) is 0 Å². The summed E-state index contributed by atoms with van der Waals surface area (Å²) in [5, 5.41) is 4.67. The van der Waals surface area contributed by atoms with Crippen LogP contribution in [0.25, 0.3) is 77.2 Å². The lowest BCUT2D eigenvalue weighted by Gasteiger charge is -2.26. The summed E-state index contributed by atoms with van der Waals surface area (Å²) in [6.45, 7) is 0. The number of rotatable bonds is 7. The van der Waals surface area contributed by atoms with Gasteiger partial charge in [0, 0.05) is 16.8 Å². The molecule has 1 heterocycles. The third kappa shape index (κ3) is 5.81. The van der Waals surface area contributed by atoms with Crippen LogP contribution in [0.2, 0.25) is 0 Å². The standard InChI is InChI=1S/C52H35NO/c1-3-10-36(11-4-1)38-18-20-39(21-19-38)40-26-30-46(31-27-40)53(49-15-9-17-51-52(49)48-14-7-8-16-50(48)54-51)47-32-28-41(29-33-47)43-23-25-44-34-42(22-24-45(44)35-43)37-12-5-2-6-13-37/h1-35H. The molecule has 2 nitrogen and oxygen atoms in total. The van der Waals surface area contributed by atoms with Gasteiger partial charge < -0.3 is 9.32 Å². The highest BCUT2D eigenvalue weighted by Gasteiger charge is 2.19. The molecule has 0 bridgehead atoms. The summed E-state index contributed by atoms with van der Waals surface area (Å²) in [5.41, 5.74) is 14.6. The van der Waals surface area contributed by atoms with Crippen LogP contribution in [-0.2, 0) is 0 Å². The second kappa shape index (κ2) is 13.4. The largest absolute Gasteiger partial charge is 0.456 e. The molecule has 10 aromatic rings. The summed E-state index contributed by atoms with van der Waals surface area (Å²) in [5.74, 6) is 0. The zero-order valence-corrected chi connectivity index (χ0v) is 29.6. The molecule has 54 heavy (non-hydrogen) atoms. The number of para-hydroxylation sites is 1. The van der Waals surface area contributed by atoms with E-state index in [9.17, 15) is 0 Å². The summed E-state index contributed by atoms with van der Waals surface area (Å²) >= 11 is 0. The van der Waals surface area contributed by atoms with Gasteiger partial charge in [0.1, 0.15) is 11.2 Å². The SMILES string of the molecule is c1ccc(-c2ccc(-c3ccc(N(c4ccc(-c5ccc6cc(-c7ccccc7)ccc6c5)cc4)c4cccc5oc6ccccc6c45)cc3)cc2)cc1. The highest BCUT2D eigenvalue weighted by atomic mass is 16.3. The molecule has 9 aromatic carbocycles. The predicted octanol–water partition coefficient (Wildman–Crippen LogP) is 14.9. The number of fused-ring (bicyclic) bond motifs is 4. The van der Waals surface area contributed by atoms with Gasteiger partial charge in [-0.3, -0.25) is 0 Å². The van der Waals surface area contributed by atoms with E-state index in [-0.39, 0.29) is 0 Å². The number of hydrogen-bond acceptors (Lipinski definition) is 2. The lowest BCUT2D eigenvalue weighted by Crippen LogP contribution is -2.10. The first kappa shape index (κ1) is 31.6. The molecule has 0 aliphatic heterocycles. The van der Waals surface area contributed by atoms with Crippen LogP contribution in [0.15, 0.2) is 217 Å². The molecule has 0 fully saturated rings. The van der Waals surface area contributed by atoms with Crippen molar-refractivity contribution in [2.24, 2.45) is 0 Å². The molecule has 0 saturated heterocycles. The first-order valence-corrected chi connectivity index (χ1v) is 18.4. The fraction of sp³-hybridized carbons (Fsp3) is 0. The Morgan fingerprint density at radius 1 is 0.296 bits per heavy atom. The third-order valence-corrected chi connectivity index (χ3v) is 10.5. The maximum absolute atomic E-state index is 6.35. The number of nitrogens with zero attached hydrogens (tertiary/aromatic N) is 1. The topological polar surface area (TPSA) is 16.4 Å². The lowest BCUT2D eigenvalue weighted by molar-refractivity contribution is 0.669. The molecule has 0 amide bonds. The Morgan fingerprint density at radius 3 is 1.26 bits per heavy atom. The minimum Gasteiger partial charge on any atom is -0.456 e. The smallest absolute Gasteiger partial charge is 0.137 e. The van der Waals surface area contributed by atoms with Gasteiger partial charge in [-0.15, -0.1) is 0 Å². The molecule has 2 heteroatoms. The molecular weight excluding hydrogens is 655 g/mol. The maximum atomic E-state index is 6.35. The van der Waals surface area contributed by atoms with Gasteiger partial charge in [-0.1, -0.05) is 158 Å². The summed E-state index contributed by atoms with van der Waals surface area (Å²) in [4.78, 5) is 2.35. The molecule has 0 unspecified atom stereocenters. The fourth-order valence-electron chi connectivity index (χ4n) is 7.70. The van der Waals surface area contributed by atoms with Crippen LogP contribution in [-0.4, -0.2) is 0 Å². The first-order chi connectivity index (χ1) is 26.7. The van der Waals surface area contributed by atoms with Crippen LogP contribution in [0.5, 0.6) is 0 Å². The zero-order valence-electron chi connectivity index (χ0n) is 29.6. The van der Waals surface area contributed by atoms with Crippen molar-refractivity contribution in [3.8, 4) is 44.5 Å². The van der Waals surface area contributed by atoms with Crippen LogP contribution >= 0.6 is 0 Å². The van der Waals surface area contributed by atoms with Crippen LogP contribution in [0, 0.1) is 0 Å². The molecule has 0 aliphatic carbocycles. The number of anilines is 3. The molecule has 0 spiro atoms. The minimum atomic E-state index is 0.872. The summed E-state index contributed by atoms with van der Waals surface area (Å²) in [6.07, 6.45) is 0. The van der Waals surface area contributed by atoms with E-state index < -0.39 is 0 Å². The Balaban J connectivity index is 1.02. The summed E-state index contributed by atoms with van der Waals surface area (Å²) < 4.78 is 6.35. The molecule has 0 atom stereocenters. The van der Waals surface area contributed by atoms with Crippen LogP contribution in [0.3, 0.4) is 0 Å². The van der Waals surface area contributed by atoms with Crippen molar-refractivity contribution in [3.05, 3.63) is 212 Å². The van der Waals surface area contributed by atoms with Gasteiger partial charge >= 0.3 is 0 Å². The van der Waals surface area contributed by atoms with Gasteiger partial charge in [-0.25, -0.2) is 0 Å². The minimum absolute atomic E-state index is 0.872. The van der Waals surface area contributed by atoms with E-state index in [2.05, 4.69) is 205 Å². The average Bonchev–Trinajstić information content (AvgIpc) is 3.64. The quantitative estimate of drug-likeness (QED) is 0.166. The lowest BCUT2D eigenvalue weighted by atomic mass is 9.97. The Labute approximate surface area is 314 Å². The Hall–Kier alpha value is -7.16. The van der Waals surface area contributed by atoms with Crippen molar-refractivity contribution in [1.82, 2.24) is 0 Å². The molecular formula is C52H35NO. The van der Waals surface area contributed by atoms with Crippen molar-refractivity contribution in [2.75, 3.05) is 4.90 Å². The van der Waals surface area contributed by atoms with E-state index in [1.54, 1.807) is 0 Å². The van der Waals surface area contributed by atoms with Gasteiger partial charge in [0.2, 0.25) is 0 Å². The van der Waals surface area contributed by atoms with Crippen LogP contribution in [0.1, 0.15) is 0 Å². The Bertz CT molecular complexity index is 2890. The molecule has 254 valence electrons. The third-order valence-electron chi connectivity index (χ3n) is 10.5. The van der Waals surface area contributed by atoms with Crippen molar-refractivity contribution in [1.29, 1.82) is 0 Å². The number of hydrogen-bond donors (Lipinski definition) is 0. The predicted molar refractivity (Wildman–Crippen MR) is 228 cm³/mol. The number of benzene rings is 9. The molecule has 0 N–H and O–H groups in total. The molecule has 0 saturated carbocycles. The van der Waals surface area contributed by atoms with Gasteiger partial charge in [-0.05, 0) is 110 Å². The van der Waals surface area contributed by atoms with Crippen molar-refractivity contribution < 1.29 is 4.42 Å². The molecule has 10 rings (SSSR count).